The second-order valence-corrected chi connectivity index (χ2v) is 7.04. The van der Waals surface area contributed by atoms with Crippen LogP contribution in [0.4, 0.5) is 5.69 Å². The average Bonchev–Trinajstić information content (AvgIpc) is 2.48. The first-order chi connectivity index (χ1) is 10.1. The number of hydrogen-bond donors (Lipinski definition) is 0. The highest BCUT2D eigenvalue weighted by Crippen LogP contribution is 2.34. The third-order valence-electron chi connectivity index (χ3n) is 3.10. The Kier molecular flexibility index (Phi) is 3.69. The van der Waals surface area contributed by atoms with E-state index in [1.165, 1.54) is 12.1 Å². The molecule has 0 heterocycles. The van der Waals surface area contributed by atoms with E-state index in [9.17, 15) is 8.42 Å². The molecule has 0 N–H and O–H groups in total. The summed E-state index contributed by atoms with van der Waals surface area (Å²) in [4.78, 5) is 0.179. The largest absolute Gasteiger partial charge is 0.572 e. The lowest BCUT2D eigenvalue weighted by molar-refractivity contribution is 0.603. The van der Waals surface area contributed by atoms with E-state index in [-0.39, 0.29) is 4.90 Å². The maximum atomic E-state index is 12.4. The molecule has 0 saturated carbocycles. The van der Waals surface area contributed by atoms with Gasteiger partial charge in [0.1, 0.15) is 10.0 Å². The molecule has 0 radical (unpaired) electrons. The van der Waals surface area contributed by atoms with Gasteiger partial charge in [0, 0.05) is 4.47 Å². The fraction of sp³-hybridized carbons (Fsp3) is 0. The van der Waals surface area contributed by atoms with Gasteiger partial charge >= 0.3 is 0 Å². The van der Waals surface area contributed by atoms with Crippen molar-refractivity contribution in [2.75, 3.05) is 0 Å². The smallest absolute Gasteiger partial charge is 0.123 e. The highest BCUT2D eigenvalue weighted by Gasteiger charge is 2.05. The molecule has 106 valence electrons. The summed E-state index contributed by atoms with van der Waals surface area (Å²) in [5, 5.41) is 1.78. The van der Waals surface area contributed by atoms with Crippen LogP contribution in [0, 0.1) is 0 Å². The van der Waals surface area contributed by atoms with Crippen molar-refractivity contribution in [2.45, 2.75) is 4.90 Å². The summed E-state index contributed by atoms with van der Waals surface area (Å²) in [7, 11) is -3.72. The number of rotatable bonds is 3. The minimum atomic E-state index is -3.72. The van der Waals surface area contributed by atoms with Crippen LogP contribution in [0.2, 0.25) is 0 Å². The first-order valence-electron chi connectivity index (χ1n) is 6.28. The number of benzene rings is 3. The van der Waals surface area contributed by atoms with Crippen molar-refractivity contribution < 1.29 is 8.42 Å². The zero-order valence-corrected chi connectivity index (χ0v) is 13.3. The summed E-state index contributed by atoms with van der Waals surface area (Å²) in [6.07, 6.45) is 0. The topological polar surface area (TPSA) is 48.2 Å². The molecule has 0 saturated heterocycles. The van der Waals surface area contributed by atoms with Crippen LogP contribution in [0.3, 0.4) is 0 Å². The van der Waals surface area contributed by atoms with Crippen LogP contribution in [-0.4, -0.2) is 8.42 Å². The monoisotopic (exact) mass is 360 g/mol. The molecule has 0 fully saturated rings. The minimum Gasteiger partial charge on any atom is -0.572 e. The molecule has 0 amide bonds. The van der Waals surface area contributed by atoms with Gasteiger partial charge in [0.05, 0.1) is 4.90 Å². The molecule has 0 bridgehead atoms. The minimum absolute atomic E-state index is 0.179. The summed E-state index contributed by atoms with van der Waals surface area (Å²) >= 11 is 3.29. The fourth-order valence-corrected chi connectivity index (χ4v) is 3.34. The van der Waals surface area contributed by atoms with Gasteiger partial charge < -0.3 is 4.72 Å². The molecule has 3 nitrogen and oxygen atoms in total. The van der Waals surface area contributed by atoms with Crippen molar-refractivity contribution in [1.29, 1.82) is 0 Å². The van der Waals surface area contributed by atoms with Crippen molar-refractivity contribution >= 4 is 42.4 Å². The molecule has 0 spiro atoms. The summed E-state index contributed by atoms with van der Waals surface area (Å²) in [6, 6.07) is 19.5. The van der Waals surface area contributed by atoms with Crippen molar-refractivity contribution in [2.24, 2.45) is 0 Å². The van der Waals surface area contributed by atoms with Gasteiger partial charge in [-0.3, -0.25) is 0 Å². The molecule has 3 aromatic carbocycles. The number of halogens is 1. The zero-order chi connectivity index (χ0) is 14.9. The Labute approximate surface area is 131 Å². The lowest BCUT2D eigenvalue weighted by Crippen LogP contribution is -1.97. The maximum absolute atomic E-state index is 12.4. The van der Waals surface area contributed by atoms with Gasteiger partial charge in [0.2, 0.25) is 0 Å². The predicted molar refractivity (Wildman–Crippen MR) is 88.3 cm³/mol. The highest BCUT2D eigenvalue weighted by molar-refractivity contribution is 9.10. The van der Waals surface area contributed by atoms with Crippen LogP contribution in [0.15, 0.2) is 76.1 Å². The Hall–Kier alpha value is -1.85. The highest BCUT2D eigenvalue weighted by atomic mass is 79.9. The first-order valence-corrected chi connectivity index (χ1v) is 8.51. The molecule has 0 aliphatic heterocycles. The lowest BCUT2D eigenvalue weighted by Gasteiger charge is -2.23. The quantitative estimate of drug-likeness (QED) is 0.659. The molecule has 0 aromatic heterocycles. The second kappa shape index (κ2) is 5.50. The molecule has 5 heteroatoms. The van der Waals surface area contributed by atoms with E-state index >= 15 is 0 Å². The van der Waals surface area contributed by atoms with Gasteiger partial charge in [-0.1, -0.05) is 58.4 Å². The van der Waals surface area contributed by atoms with Gasteiger partial charge in [-0.2, -0.15) is 0 Å². The Bertz CT molecular complexity index is 884. The molecule has 0 aliphatic carbocycles. The maximum Gasteiger partial charge on any atom is 0.123 e. The molecule has 0 aliphatic rings. The number of nitrogens with zero attached hydrogens (tertiary/aromatic N) is 1. The van der Waals surface area contributed by atoms with Crippen molar-refractivity contribution in [1.82, 2.24) is 0 Å². The lowest BCUT2D eigenvalue weighted by atomic mass is 10.1. The Morgan fingerprint density at radius 1 is 0.810 bits per heavy atom. The average molecular weight is 361 g/mol. The van der Waals surface area contributed by atoms with Crippen molar-refractivity contribution in [3.05, 3.63) is 75.9 Å². The fourth-order valence-electron chi connectivity index (χ4n) is 2.08. The molecule has 0 atom stereocenters. The van der Waals surface area contributed by atoms with Crippen LogP contribution in [-0.2, 0) is 10.0 Å². The van der Waals surface area contributed by atoms with E-state index in [1.54, 1.807) is 24.3 Å². The van der Waals surface area contributed by atoms with Crippen LogP contribution < -0.4 is 0 Å². The molecule has 3 aromatic rings. The van der Waals surface area contributed by atoms with Crippen LogP contribution >= 0.6 is 15.9 Å². The number of fused-ring (bicyclic) bond motifs is 1. The summed E-state index contributed by atoms with van der Waals surface area (Å²) in [5.74, 6) is 0. The first kappa shape index (κ1) is 14.1. The van der Waals surface area contributed by atoms with E-state index in [1.807, 2.05) is 30.3 Å². The van der Waals surface area contributed by atoms with E-state index < -0.39 is 10.0 Å². The SMILES string of the molecule is O=S(=O)([N-]c1cccc2ccccc12)c1ccc(Br)cc1. The van der Waals surface area contributed by atoms with Gasteiger partial charge in [-0.25, -0.2) is 8.42 Å². The number of hydrogen-bond acceptors (Lipinski definition) is 2. The summed E-state index contributed by atoms with van der Waals surface area (Å²) < 4.78 is 29.6. The summed E-state index contributed by atoms with van der Waals surface area (Å²) in [5.41, 5.74) is 0.455. The summed E-state index contributed by atoms with van der Waals surface area (Å²) in [6.45, 7) is 0. The Balaban J connectivity index is 2.03. The van der Waals surface area contributed by atoms with Crippen LogP contribution in [0.5, 0.6) is 0 Å². The van der Waals surface area contributed by atoms with Gasteiger partial charge in [-0.15, -0.1) is 5.69 Å². The molecule has 0 unspecified atom stereocenters. The van der Waals surface area contributed by atoms with Gasteiger partial charge in [0.15, 0.2) is 0 Å². The molecular formula is C16H11BrNO2S-. The molecule has 21 heavy (non-hydrogen) atoms. The van der Waals surface area contributed by atoms with Crippen LogP contribution in [0.25, 0.3) is 15.5 Å². The molecular weight excluding hydrogens is 350 g/mol. The predicted octanol–water partition coefficient (Wildman–Crippen LogP) is 5.00. The van der Waals surface area contributed by atoms with E-state index in [2.05, 4.69) is 20.7 Å². The molecule has 3 rings (SSSR count). The van der Waals surface area contributed by atoms with Gasteiger partial charge in [-0.05, 0) is 35.0 Å². The van der Waals surface area contributed by atoms with Gasteiger partial charge in [0.25, 0.3) is 0 Å². The third kappa shape index (κ3) is 2.94. The Morgan fingerprint density at radius 2 is 1.48 bits per heavy atom. The Morgan fingerprint density at radius 3 is 2.24 bits per heavy atom. The van der Waals surface area contributed by atoms with Crippen LogP contribution in [0.1, 0.15) is 0 Å². The number of sulfonamides is 1. The van der Waals surface area contributed by atoms with Crippen molar-refractivity contribution in [3.8, 4) is 0 Å². The normalized spacial score (nSPS) is 11.5. The zero-order valence-electron chi connectivity index (χ0n) is 10.9. The standard InChI is InChI=1S/C16H11BrNO2S/c17-13-8-10-14(11-9-13)21(19,20)18-16-7-3-5-12-4-1-2-6-15(12)16/h1-11H/q-1. The second-order valence-electron chi connectivity index (χ2n) is 4.52. The third-order valence-corrected chi connectivity index (χ3v) is 4.93. The van der Waals surface area contributed by atoms with Crippen molar-refractivity contribution in [3.63, 3.8) is 0 Å². The van der Waals surface area contributed by atoms with E-state index in [0.29, 0.717) is 5.69 Å². The van der Waals surface area contributed by atoms with E-state index in [4.69, 9.17) is 0 Å². The van der Waals surface area contributed by atoms with E-state index in [0.717, 1.165) is 15.2 Å².